The highest BCUT2D eigenvalue weighted by atomic mass is 16.5. The molecule has 0 unspecified atom stereocenters. The topological polar surface area (TPSA) is 70.8 Å². The monoisotopic (exact) mass is 240 g/mol. The Balaban J connectivity index is 2.23. The van der Waals surface area contributed by atoms with E-state index in [-0.39, 0.29) is 0 Å². The molecule has 5 nitrogen and oxygen atoms in total. The second-order valence-electron chi connectivity index (χ2n) is 3.48. The van der Waals surface area contributed by atoms with Crippen molar-refractivity contribution in [1.82, 2.24) is 9.97 Å². The van der Waals surface area contributed by atoms with Crippen LogP contribution in [-0.2, 0) is 0 Å². The first-order valence-electron chi connectivity index (χ1n) is 5.56. The highest BCUT2D eigenvalue weighted by Gasteiger charge is 2.05. The highest BCUT2D eigenvalue weighted by molar-refractivity contribution is 5.44. The highest BCUT2D eigenvalue weighted by Crippen LogP contribution is 2.23. The van der Waals surface area contributed by atoms with Gasteiger partial charge in [0.25, 0.3) is 0 Å². The molecule has 0 bridgehead atoms. The molecule has 0 saturated carbocycles. The van der Waals surface area contributed by atoms with E-state index in [1.807, 2.05) is 6.92 Å². The number of aromatic nitrogens is 2. The SMILES string of the molecule is CCNc1cncc(Oc2ccccc2C#N)n1. The largest absolute Gasteiger partial charge is 0.436 e. The lowest BCUT2D eigenvalue weighted by Crippen LogP contribution is -2.01. The van der Waals surface area contributed by atoms with Crippen LogP contribution in [0.1, 0.15) is 12.5 Å². The molecule has 2 rings (SSSR count). The summed E-state index contributed by atoms with van der Waals surface area (Å²) in [6.07, 6.45) is 3.13. The molecule has 1 N–H and O–H groups in total. The number of nitrogens with one attached hydrogen (secondary N) is 1. The molecule has 90 valence electrons. The quantitative estimate of drug-likeness (QED) is 0.889. The van der Waals surface area contributed by atoms with Crippen LogP contribution in [0.3, 0.4) is 0 Å². The number of nitrogens with zero attached hydrogens (tertiary/aromatic N) is 3. The average molecular weight is 240 g/mol. The summed E-state index contributed by atoms with van der Waals surface area (Å²) in [5, 5.41) is 12.0. The molecule has 0 aliphatic heterocycles. The summed E-state index contributed by atoms with van der Waals surface area (Å²) in [5.41, 5.74) is 0.466. The lowest BCUT2D eigenvalue weighted by molar-refractivity contribution is 0.459. The summed E-state index contributed by atoms with van der Waals surface area (Å²) < 4.78 is 5.55. The van der Waals surface area contributed by atoms with E-state index in [4.69, 9.17) is 10.00 Å². The predicted octanol–water partition coefficient (Wildman–Crippen LogP) is 2.57. The van der Waals surface area contributed by atoms with Crippen molar-refractivity contribution in [2.24, 2.45) is 0 Å². The zero-order chi connectivity index (χ0) is 12.8. The number of rotatable bonds is 4. The number of nitriles is 1. The average Bonchev–Trinajstić information content (AvgIpc) is 2.40. The molecule has 5 heteroatoms. The number of para-hydroxylation sites is 1. The van der Waals surface area contributed by atoms with Crippen molar-refractivity contribution >= 4 is 5.82 Å². The van der Waals surface area contributed by atoms with Gasteiger partial charge in [-0.1, -0.05) is 12.1 Å². The van der Waals surface area contributed by atoms with Gasteiger partial charge in [-0.25, -0.2) is 0 Å². The van der Waals surface area contributed by atoms with E-state index in [2.05, 4.69) is 21.4 Å². The van der Waals surface area contributed by atoms with Crippen LogP contribution in [0.15, 0.2) is 36.7 Å². The molecule has 18 heavy (non-hydrogen) atoms. The molecule has 1 heterocycles. The van der Waals surface area contributed by atoms with Crippen LogP contribution < -0.4 is 10.1 Å². The minimum atomic E-state index is 0.358. The number of anilines is 1. The zero-order valence-corrected chi connectivity index (χ0v) is 9.92. The van der Waals surface area contributed by atoms with Crippen molar-refractivity contribution in [3.8, 4) is 17.7 Å². The number of hydrogen-bond acceptors (Lipinski definition) is 5. The molecule has 0 fully saturated rings. The van der Waals surface area contributed by atoms with Crippen LogP contribution in [0.2, 0.25) is 0 Å². The van der Waals surface area contributed by atoms with Crippen molar-refractivity contribution in [2.45, 2.75) is 6.92 Å². The summed E-state index contributed by atoms with van der Waals surface area (Å²) in [4.78, 5) is 8.25. The van der Waals surface area contributed by atoms with Gasteiger partial charge in [0.2, 0.25) is 5.88 Å². The van der Waals surface area contributed by atoms with Gasteiger partial charge >= 0.3 is 0 Å². The Hall–Kier alpha value is -2.61. The summed E-state index contributed by atoms with van der Waals surface area (Å²) in [6.45, 7) is 2.73. The molecular weight excluding hydrogens is 228 g/mol. The van der Waals surface area contributed by atoms with Crippen molar-refractivity contribution < 1.29 is 4.74 Å². The summed E-state index contributed by atoms with van der Waals surface area (Å²) in [6, 6.07) is 9.07. The van der Waals surface area contributed by atoms with Crippen molar-refractivity contribution in [2.75, 3.05) is 11.9 Å². The standard InChI is InChI=1S/C13H12N4O/c1-2-16-12-8-15-9-13(17-12)18-11-6-4-3-5-10(11)7-14/h3-6,8-9H,2H2,1H3,(H,16,17). The third-order valence-electron chi connectivity index (χ3n) is 2.19. The second-order valence-corrected chi connectivity index (χ2v) is 3.48. The van der Waals surface area contributed by atoms with Crippen LogP contribution in [0.4, 0.5) is 5.82 Å². The maximum absolute atomic E-state index is 8.96. The van der Waals surface area contributed by atoms with Gasteiger partial charge in [-0.05, 0) is 19.1 Å². The molecule has 0 saturated heterocycles. The fraction of sp³-hybridized carbons (Fsp3) is 0.154. The Bertz CT molecular complexity index is 577. The van der Waals surface area contributed by atoms with Crippen molar-refractivity contribution in [1.29, 1.82) is 5.26 Å². The first-order valence-corrected chi connectivity index (χ1v) is 5.56. The van der Waals surface area contributed by atoms with Gasteiger partial charge in [0.1, 0.15) is 17.6 Å². The summed E-state index contributed by atoms with van der Waals surface area (Å²) in [7, 11) is 0. The molecule has 0 aliphatic carbocycles. The van der Waals surface area contributed by atoms with Gasteiger partial charge < -0.3 is 10.1 Å². The van der Waals surface area contributed by atoms with E-state index in [0.717, 1.165) is 6.54 Å². The van der Waals surface area contributed by atoms with E-state index < -0.39 is 0 Å². The summed E-state index contributed by atoms with van der Waals surface area (Å²) in [5.74, 6) is 1.48. The van der Waals surface area contributed by atoms with Gasteiger partial charge in [0.05, 0.1) is 18.0 Å². The smallest absolute Gasteiger partial charge is 0.239 e. The Morgan fingerprint density at radius 3 is 2.94 bits per heavy atom. The predicted molar refractivity (Wildman–Crippen MR) is 67.4 cm³/mol. The van der Waals surface area contributed by atoms with Crippen LogP contribution in [0.25, 0.3) is 0 Å². The first kappa shape index (κ1) is 11.9. The van der Waals surface area contributed by atoms with E-state index in [9.17, 15) is 0 Å². The van der Waals surface area contributed by atoms with Crippen molar-refractivity contribution in [3.63, 3.8) is 0 Å². The zero-order valence-electron chi connectivity index (χ0n) is 9.92. The van der Waals surface area contributed by atoms with Gasteiger partial charge in [0.15, 0.2) is 0 Å². The minimum absolute atomic E-state index is 0.358. The Labute approximate surface area is 105 Å². The molecule has 0 atom stereocenters. The van der Waals surface area contributed by atoms with Crippen LogP contribution in [0, 0.1) is 11.3 Å². The fourth-order valence-electron chi connectivity index (χ4n) is 1.42. The number of ether oxygens (including phenoxy) is 1. The van der Waals surface area contributed by atoms with Gasteiger partial charge in [0, 0.05) is 6.54 Å². The fourth-order valence-corrected chi connectivity index (χ4v) is 1.42. The van der Waals surface area contributed by atoms with Gasteiger partial charge in [-0.15, -0.1) is 0 Å². The first-order chi connectivity index (χ1) is 8.83. The molecule has 0 spiro atoms. The minimum Gasteiger partial charge on any atom is -0.436 e. The van der Waals surface area contributed by atoms with Gasteiger partial charge in [-0.3, -0.25) is 4.98 Å². The van der Waals surface area contributed by atoms with Crippen LogP contribution >= 0.6 is 0 Å². The maximum atomic E-state index is 8.96. The van der Waals surface area contributed by atoms with Crippen LogP contribution in [0.5, 0.6) is 11.6 Å². The molecular formula is C13H12N4O. The third kappa shape index (κ3) is 2.74. The number of hydrogen-bond donors (Lipinski definition) is 1. The lowest BCUT2D eigenvalue weighted by Gasteiger charge is -2.07. The normalized spacial score (nSPS) is 9.56. The Morgan fingerprint density at radius 1 is 1.33 bits per heavy atom. The molecule has 0 aliphatic rings. The molecule has 1 aromatic carbocycles. The Kier molecular flexibility index (Phi) is 3.72. The van der Waals surface area contributed by atoms with E-state index >= 15 is 0 Å². The van der Waals surface area contributed by atoms with Crippen molar-refractivity contribution in [3.05, 3.63) is 42.2 Å². The van der Waals surface area contributed by atoms with E-state index in [1.165, 1.54) is 6.20 Å². The summed E-state index contributed by atoms with van der Waals surface area (Å²) >= 11 is 0. The molecule has 1 aromatic heterocycles. The van der Waals surface area contributed by atoms with E-state index in [0.29, 0.717) is 23.0 Å². The Morgan fingerprint density at radius 2 is 2.17 bits per heavy atom. The molecule has 2 aromatic rings. The third-order valence-corrected chi connectivity index (χ3v) is 2.19. The van der Waals surface area contributed by atoms with Gasteiger partial charge in [-0.2, -0.15) is 10.2 Å². The van der Waals surface area contributed by atoms with E-state index in [1.54, 1.807) is 30.5 Å². The number of benzene rings is 1. The molecule has 0 amide bonds. The molecule has 0 radical (unpaired) electrons. The second kappa shape index (κ2) is 5.64. The lowest BCUT2D eigenvalue weighted by atomic mass is 10.2. The van der Waals surface area contributed by atoms with Crippen LogP contribution in [-0.4, -0.2) is 16.5 Å². The maximum Gasteiger partial charge on any atom is 0.239 e.